The predicted molar refractivity (Wildman–Crippen MR) is 85.9 cm³/mol. The molecule has 1 atom stereocenters. The minimum atomic E-state index is -0.785. The standard InChI is InChI=1S/C18H19ClO2/c1-12-3-6-14(7-4-12)10-16(18(20)21)11-15-8-5-13(2)9-17(15)19/h3-9,16H,10-11H2,1-2H3,(H,20,21). The Morgan fingerprint density at radius 3 is 2.24 bits per heavy atom. The van der Waals surface area contributed by atoms with Crippen LogP contribution < -0.4 is 0 Å². The van der Waals surface area contributed by atoms with Gasteiger partial charge in [0, 0.05) is 5.02 Å². The third-order valence-corrected chi connectivity index (χ3v) is 3.98. The van der Waals surface area contributed by atoms with E-state index in [0.29, 0.717) is 17.9 Å². The van der Waals surface area contributed by atoms with Crippen molar-refractivity contribution in [3.63, 3.8) is 0 Å². The van der Waals surface area contributed by atoms with Gasteiger partial charge in [0.2, 0.25) is 0 Å². The van der Waals surface area contributed by atoms with E-state index in [2.05, 4.69) is 0 Å². The molecule has 1 N–H and O–H groups in total. The van der Waals surface area contributed by atoms with Crippen LogP contribution in [0.15, 0.2) is 42.5 Å². The maximum Gasteiger partial charge on any atom is 0.307 e. The number of rotatable bonds is 5. The summed E-state index contributed by atoms with van der Waals surface area (Å²) < 4.78 is 0. The second-order valence-corrected chi connectivity index (χ2v) is 5.93. The third kappa shape index (κ3) is 4.33. The second kappa shape index (κ2) is 6.77. The Bertz CT molecular complexity index is 632. The van der Waals surface area contributed by atoms with Crippen molar-refractivity contribution in [2.45, 2.75) is 26.7 Å². The van der Waals surface area contributed by atoms with Crippen LogP contribution in [0.2, 0.25) is 5.02 Å². The highest BCUT2D eigenvalue weighted by Gasteiger charge is 2.19. The first-order valence-electron chi connectivity index (χ1n) is 6.99. The van der Waals surface area contributed by atoms with E-state index in [1.54, 1.807) is 0 Å². The molecule has 0 spiro atoms. The molecule has 0 saturated carbocycles. The minimum Gasteiger partial charge on any atom is -0.481 e. The van der Waals surface area contributed by atoms with E-state index in [4.69, 9.17) is 11.6 Å². The van der Waals surface area contributed by atoms with Crippen molar-refractivity contribution in [3.05, 3.63) is 69.7 Å². The van der Waals surface area contributed by atoms with Crippen molar-refractivity contribution < 1.29 is 9.90 Å². The monoisotopic (exact) mass is 302 g/mol. The van der Waals surface area contributed by atoms with Crippen LogP contribution >= 0.6 is 11.6 Å². The van der Waals surface area contributed by atoms with Gasteiger partial charge in [0.15, 0.2) is 0 Å². The van der Waals surface area contributed by atoms with Crippen molar-refractivity contribution in [1.82, 2.24) is 0 Å². The smallest absolute Gasteiger partial charge is 0.307 e. The van der Waals surface area contributed by atoms with E-state index in [1.165, 1.54) is 5.56 Å². The van der Waals surface area contributed by atoms with Crippen LogP contribution in [0, 0.1) is 19.8 Å². The summed E-state index contributed by atoms with van der Waals surface area (Å²) in [5.74, 6) is -1.25. The molecule has 2 aromatic rings. The van der Waals surface area contributed by atoms with Crippen LogP contribution in [-0.4, -0.2) is 11.1 Å². The van der Waals surface area contributed by atoms with Gasteiger partial charge < -0.3 is 5.11 Å². The van der Waals surface area contributed by atoms with Crippen molar-refractivity contribution >= 4 is 17.6 Å². The van der Waals surface area contributed by atoms with Crippen LogP contribution in [-0.2, 0) is 17.6 Å². The van der Waals surface area contributed by atoms with Crippen molar-refractivity contribution in [3.8, 4) is 0 Å². The minimum absolute atomic E-state index is 0.447. The zero-order valence-corrected chi connectivity index (χ0v) is 13.0. The number of benzene rings is 2. The van der Waals surface area contributed by atoms with Crippen LogP contribution in [0.5, 0.6) is 0 Å². The average molecular weight is 303 g/mol. The predicted octanol–water partition coefficient (Wildman–Crippen LogP) is 4.44. The van der Waals surface area contributed by atoms with Crippen molar-refractivity contribution in [2.24, 2.45) is 5.92 Å². The van der Waals surface area contributed by atoms with Gasteiger partial charge in [0.05, 0.1) is 5.92 Å². The first kappa shape index (κ1) is 15.6. The highest BCUT2D eigenvalue weighted by molar-refractivity contribution is 6.31. The molecule has 0 aliphatic carbocycles. The second-order valence-electron chi connectivity index (χ2n) is 5.52. The Morgan fingerprint density at radius 2 is 1.67 bits per heavy atom. The largest absolute Gasteiger partial charge is 0.481 e. The molecular weight excluding hydrogens is 284 g/mol. The fourth-order valence-electron chi connectivity index (χ4n) is 2.34. The molecular formula is C18H19ClO2. The van der Waals surface area contributed by atoms with Crippen LogP contribution in [0.3, 0.4) is 0 Å². The molecule has 0 fully saturated rings. The summed E-state index contributed by atoms with van der Waals surface area (Å²) in [6, 6.07) is 13.8. The van der Waals surface area contributed by atoms with E-state index in [9.17, 15) is 9.90 Å². The average Bonchev–Trinajstić information content (AvgIpc) is 2.43. The van der Waals surface area contributed by atoms with Crippen LogP contribution in [0.25, 0.3) is 0 Å². The van der Waals surface area contributed by atoms with Gasteiger partial charge in [0.1, 0.15) is 0 Å². The van der Waals surface area contributed by atoms with Crippen LogP contribution in [0.1, 0.15) is 22.3 Å². The maximum absolute atomic E-state index is 11.5. The van der Waals surface area contributed by atoms with Gasteiger partial charge in [-0.1, -0.05) is 53.6 Å². The molecule has 0 aliphatic heterocycles. The summed E-state index contributed by atoms with van der Waals surface area (Å²) in [4.78, 5) is 11.5. The molecule has 1 unspecified atom stereocenters. The van der Waals surface area contributed by atoms with E-state index < -0.39 is 11.9 Å². The first-order chi connectivity index (χ1) is 9.95. The first-order valence-corrected chi connectivity index (χ1v) is 7.37. The number of halogens is 1. The lowest BCUT2D eigenvalue weighted by Gasteiger charge is -2.14. The fraction of sp³-hybridized carbons (Fsp3) is 0.278. The third-order valence-electron chi connectivity index (χ3n) is 3.63. The summed E-state index contributed by atoms with van der Waals surface area (Å²) >= 11 is 6.21. The van der Waals surface area contributed by atoms with Gasteiger partial charge in [-0.3, -0.25) is 4.79 Å². The molecule has 21 heavy (non-hydrogen) atoms. The molecule has 0 aromatic heterocycles. The SMILES string of the molecule is Cc1ccc(CC(Cc2ccc(C)cc2Cl)C(=O)O)cc1. The van der Waals surface area contributed by atoms with Gasteiger partial charge in [0.25, 0.3) is 0 Å². The lowest BCUT2D eigenvalue weighted by Crippen LogP contribution is -2.19. The molecule has 2 nitrogen and oxygen atoms in total. The topological polar surface area (TPSA) is 37.3 Å². The highest BCUT2D eigenvalue weighted by Crippen LogP contribution is 2.23. The number of carboxylic acids is 1. The summed E-state index contributed by atoms with van der Waals surface area (Å²) in [5, 5.41) is 10.1. The lowest BCUT2D eigenvalue weighted by atomic mass is 9.92. The number of hydrogen-bond acceptors (Lipinski definition) is 1. The Kier molecular flexibility index (Phi) is 5.03. The quantitative estimate of drug-likeness (QED) is 0.886. The summed E-state index contributed by atoms with van der Waals surface area (Å²) in [6.45, 7) is 3.99. The Labute approximate surface area is 130 Å². The molecule has 0 heterocycles. The van der Waals surface area contributed by atoms with Gasteiger partial charge in [-0.2, -0.15) is 0 Å². The van der Waals surface area contributed by atoms with E-state index in [1.807, 2.05) is 56.3 Å². The van der Waals surface area contributed by atoms with Crippen molar-refractivity contribution in [2.75, 3.05) is 0 Å². The molecule has 2 aromatic carbocycles. The molecule has 2 rings (SSSR count). The number of carboxylic acid groups (broad SMARTS) is 1. The molecule has 0 amide bonds. The summed E-state index contributed by atoms with van der Waals surface area (Å²) in [6.07, 6.45) is 0.960. The lowest BCUT2D eigenvalue weighted by molar-refractivity contribution is -0.141. The van der Waals surface area contributed by atoms with Crippen molar-refractivity contribution in [1.29, 1.82) is 0 Å². The Morgan fingerprint density at radius 1 is 1.05 bits per heavy atom. The molecule has 3 heteroatoms. The number of hydrogen-bond donors (Lipinski definition) is 1. The number of aryl methyl sites for hydroxylation is 2. The normalized spacial score (nSPS) is 12.1. The van der Waals surface area contributed by atoms with E-state index >= 15 is 0 Å². The number of carbonyl (C=O) groups is 1. The van der Waals surface area contributed by atoms with Gasteiger partial charge in [-0.15, -0.1) is 0 Å². The maximum atomic E-state index is 11.5. The Hall–Kier alpha value is -1.80. The molecule has 0 aliphatic rings. The highest BCUT2D eigenvalue weighted by atomic mass is 35.5. The van der Waals surface area contributed by atoms with E-state index in [0.717, 1.165) is 16.7 Å². The summed E-state index contributed by atoms with van der Waals surface area (Å²) in [7, 11) is 0. The van der Waals surface area contributed by atoms with Gasteiger partial charge >= 0.3 is 5.97 Å². The number of aliphatic carboxylic acids is 1. The van der Waals surface area contributed by atoms with Gasteiger partial charge in [-0.25, -0.2) is 0 Å². The molecule has 0 bridgehead atoms. The Balaban J connectivity index is 2.15. The fourth-order valence-corrected chi connectivity index (χ4v) is 2.65. The van der Waals surface area contributed by atoms with Gasteiger partial charge in [-0.05, 0) is 49.4 Å². The van der Waals surface area contributed by atoms with E-state index in [-0.39, 0.29) is 0 Å². The zero-order chi connectivity index (χ0) is 15.4. The molecule has 110 valence electrons. The summed E-state index contributed by atoms with van der Waals surface area (Å²) in [5.41, 5.74) is 4.18. The molecule has 0 saturated heterocycles. The zero-order valence-electron chi connectivity index (χ0n) is 12.3. The van der Waals surface area contributed by atoms with Crippen LogP contribution in [0.4, 0.5) is 0 Å². The molecule has 0 radical (unpaired) electrons.